The van der Waals surface area contributed by atoms with Crippen LogP contribution in [0.3, 0.4) is 0 Å². The number of carbonyl (C=O) groups excluding carboxylic acids is 1. The van der Waals surface area contributed by atoms with E-state index in [-0.39, 0.29) is 36.0 Å². The topological polar surface area (TPSA) is 127 Å². The van der Waals surface area contributed by atoms with E-state index in [9.17, 15) is 20.6 Å². The number of nitrogens with zero attached hydrogens (tertiary/aromatic N) is 4. The lowest BCUT2D eigenvalue weighted by atomic mass is 9.58. The highest BCUT2D eigenvalue weighted by atomic mass is 35.5. The van der Waals surface area contributed by atoms with Gasteiger partial charge in [0.05, 0.1) is 30.0 Å². The van der Waals surface area contributed by atoms with Gasteiger partial charge in [-0.05, 0) is 30.2 Å². The number of hydrogen-bond acceptors (Lipinski definition) is 6. The Bertz CT molecular complexity index is 1080. The van der Waals surface area contributed by atoms with E-state index in [1.807, 2.05) is 18.2 Å². The zero-order chi connectivity index (χ0) is 22.1. The lowest BCUT2D eigenvalue weighted by Crippen LogP contribution is -2.49. The number of nitrogens with two attached hydrogens (primary N) is 1. The number of amides is 1. The van der Waals surface area contributed by atoms with Crippen LogP contribution in [0.5, 0.6) is 0 Å². The van der Waals surface area contributed by atoms with Gasteiger partial charge in [0.25, 0.3) is 0 Å². The molecule has 0 saturated carbocycles. The first kappa shape index (κ1) is 21.5. The Balaban J connectivity index is 2.27. The molecule has 1 heterocycles. The van der Waals surface area contributed by atoms with Crippen molar-refractivity contribution in [2.75, 3.05) is 19.7 Å². The first-order valence-corrected chi connectivity index (χ1v) is 9.90. The van der Waals surface area contributed by atoms with Crippen LogP contribution in [0.1, 0.15) is 18.4 Å². The molecule has 0 saturated heterocycles. The van der Waals surface area contributed by atoms with Crippen molar-refractivity contribution < 1.29 is 9.53 Å². The molecule has 0 fully saturated rings. The van der Waals surface area contributed by atoms with Gasteiger partial charge in [0, 0.05) is 35.0 Å². The summed E-state index contributed by atoms with van der Waals surface area (Å²) in [7, 11) is 0. The Morgan fingerprint density at radius 3 is 2.60 bits per heavy atom. The molecule has 30 heavy (non-hydrogen) atoms. The van der Waals surface area contributed by atoms with Crippen LogP contribution >= 0.6 is 23.2 Å². The fourth-order valence-corrected chi connectivity index (χ4v) is 4.67. The lowest BCUT2D eigenvalue weighted by molar-refractivity contribution is 0.0999. The van der Waals surface area contributed by atoms with Gasteiger partial charge in [-0.1, -0.05) is 35.3 Å². The maximum Gasteiger partial charge on any atom is 0.410 e. The standard InChI is InChI=1S/C21H17Cl2N5O2/c1-2-30-20(29)28-6-5-13-15(8-24)19(27)21(10-25,11-26)18(16(13)9-28)14-4-3-12(22)7-17(14)23/h3-5,7,16,18H,2,6,9,27H2,1H3. The van der Waals surface area contributed by atoms with Gasteiger partial charge < -0.3 is 15.4 Å². The number of hydrogen-bond donors (Lipinski definition) is 1. The molecule has 0 spiro atoms. The Morgan fingerprint density at radius 2 is 2.03 bits per heavy atom. The first-order chi connectivity index (χ1) is 14.3. The number of nitriles is 3. The molecular formula is C21H17Cl2N5O2. The third kappa shape index (κ3) is 3.25. The lowest BCUT2D eigenvalue weighted by Gasteiger charge is -2.45. The molecule has 7 nitrogen and oxygen atoms in total. The molecule has 2 unspecified atom stereocenters. The average Bonchev–Trinajstić information content (AvgIpc) is 2.73. The molecule has 1 amide bonds. The van der Waals surface area contributed by atoms with Crippen LogP contribution < -0.4 is 5.73 Å². The number of carbonyl (C=O) groups is 1. The second-order valence-corrected chi connectivity index (χ2v) is 7.79. The normalized spacial score (nSPS) is 22.1. The highest BCUT2D eigenvalue weighted by Gasteiger charge is 2.55. The minimum absolute atomic E-state index is 0.0907. The van der Waals surface area contributed by atoms with Crippen LogP contribution in [0.2, 0.25) is 10.0 Å². The molecule has 152 valence electrons. The molecule has 3 rings (SSSR count). The van der Waals surface area contributed by atoms with E-state index >= 15 is 0 Å². The highest BCUT2D eigenvalue weighted by molar-refractivity contribution is 6.35. The molecule has 9 heteroatoms. The van der Waals surface area contributed by atoms with Crippen LogP contribution in [0, 0.1) is 45.3 Å². The molecule has 1 aliphatic carbocycles. The number of ether oxygens (including phenoxy) is 1. The summed E-state index contributed by atoms with van der Waals surface area (Å²) in [5.74, 6) is -1.39. The summed E-state index contributed by atoms with van der Waals surface area (Å²) in [6, 6.07) is 10.9. The van der Waals surface area contributed by atoms with Crippen LogP contribution in [0.4, 0.5) is 4.79 Å². The number of fused-ring (bicyclic) bond motifs is 1. The maximum atomic E-state index is 12.3. The van der Waals surface area contributed by atoms with Crippen LogP contribution in [-0.2, 0) is 4.74 Å². The van der Waals surface area contributed by atoms with Gasteiger partial charge in [0.15, 0.2) is 5.41 Å². The van der Waals surface area contributed by atoms with Crippen molar-refractivity contribution in [3.05, 3.63) is 56.7 Å². The molecule has 0 aromatic heterocycles. The van der Waals surface area contributed by atoms with Crippen molar-refractivity contribution in [3.8, 4) is 18.2 Å². The van der Waals surface area contributed by atoms with E-state index in [2.05, 4.69) is 0 Å². The second kappa shape index (κ2) is 8.28. The SMILES string of the molecule is CCOC(=O)N1CC=C2C(C#N)=C(N)C(C#N)(C#N)C(c3ccc(Cl)cc3Cl)C2C1. The van der Waals surface area contributed by atoms with Crippen molar-refractivity contribution in [2.45, 2.75) is 12.8 Å². The summed E-state index contributed by atoms with van der Waals surface area (Å²) in [6.07, 6.45) is 1.20. The molecular weight excluding hydrogens is 425 g/mol. The zero-order valence-corrected chi connectivity index (χ0v) is 17.5. The Hall–Kier alpha value is -3.18. The highest BCUT2D eigenvalue weighted by Crippen LogP contribution is 2.55. The summed E-state index contributed by atoms with van der Waals surface area (Å²) in [5.41, 5.74) is 5.46. The van der Waals surface area contributed by atoms with Crippen LogP contribution in [0.25, 0.3) is 0 Å². The molecule has 2 aliphatic rings. The average molecular weight is 442 g/mol. The van der Waals surface area contributed by atoms with Gasteiger partial charge in [-0.25, -0.2) is 4.79 Å². The van der Waals surface area contributed by atoms with E-state index in [1.165, 1.54) is 11.0 Å². The summed E-state index contributed by atoms with van der Waals surface area (Å²) in [4.78, 5) is 13.8. The van der Waals surface area contributed by atoms with Gasteiger partial charge in [-0.15, -0.1) is 0 Å². The Morgan fingerprint density at radius 1 is 1.33 bits per heavy atom. The van der Waals surface area contributed by atoms with E-state index in [1.54, 1.807) is 25.1 Å². The predicted octanol–water partition coefficient (Wildman–Crippen LogP) is 3.88. The summed E-state index contributed by atoms with van der Waals surface area (Å²) < 4.78 is 5.10. The molecule has 1 aliphatic heterocycles. The number of benzene rings is 1. The minimum atomic E-state index is -1.85. The second-order valence-electron chi connectivity index (χ2n) is 6.95. The van der Waals surface area contributed by atoms with Crippen molar-refractivity contribution in [3.63, 3.8) is 0 Å². The van der Waals surface area contributed by atoms with Crippen LogP contribution in [-0.4, -0.2) is 30.7 Å². The number of allylic oxidation sites excluding steroid dienone is 2. The van der Waals surface area contributed by atoms with Gasteiger partial charge in [0.2, 0.25) is 0 Å². The third-order valence-corrected chi connectivity index (χ3v) is 6.05. The monoisotopic (exact) mass is 441 g/mol. The van der Waals surface area contributed by atoms with Gasteiger partial charge >= 0.3 is 6.09 Å². The zero-order valence-electron chi connectivity index (χ0n) is 16.0. The molecule has 2 N–H and O–H groups in total. The Kier molecular flexibility index (Phi) is 5.94. The largest absolute Gasteiger partial charge is 0.450 e. The minimum Gasteiger partial charge on any atom is -0.450 e. The van der Waals surface area contributed by atoms with Crippen molar-refractivity contribution in [1.29, 1.82) is 15.8 Å². The Labute approximate surface area is 184 Å². The fourth-order valence-electron chi connectivity index (χ4n) is 4.14. The smallest absolute Gasteiger partial charge is 0.410 e. The van der Waals surface area contributed by atoms with Crippen molar-refractivity contribution in [1.82, 2.24) is 4.90 Å². The number of rotatable bonds is 2. The van der Waals surface area contributed by atoms with E-state index < -0.39 is 23.3 Å². The molecule has 1 aromatic carbocycles. The quantitative estimate of drug-likeness (QED) is 0.741. The van der Waals surface area contributed by atoms with Gasteiger partial charge in [0.1, 0.15) is 6.07 Å². The summed E-state index contributed by atoms with van der Waals surface area (Å²) >= 11 is 12.5. The first-order valence-electron chi connectivity index (χ1n) is 9.14. The summed E-state index contributed by atoms with van der Waals surface area (Å²) in [5, 5.41) is 30.5. The van der Waals surface area contributed by atoms with Gasteiger partial charge in [-0.2, -0.15) is 15.8 Å². The summed E-state index contributed by atoms with van der Waals surface area (Å²) in [6.45, 7) is 2.27. The molecule has 1 aromatic rings. The van der Waals surface area contributed by atoms with E-state index in [0.29, 0.717) is 16.2 Å². The van der Waals surface area contributed by atoms with E-state index in [4.69, 9.17) is 33.7 Å². The third-order valence-electron chi connectivity index (χ3n) is 5.49. The predicted molar refractivity (Wildman–Crippen MR) is 110 cm³/mol. The van der Waals surface area contributed by atoms with Gasteiger partial charge in [-0.3, -0.25) is 0 Å². The van der Waals surface area contributed by atoms with Crippen molar-refractivity contribution in [2.24, 2.45) is 17.1 Å². The maximum absolute atomic E-state index is 12.3. The fraction of sp³-hybridized carbons (Fsp3) is 0.333. The number of halogens is 2. The molecule has 0 bridgehead atoms. The van der Waals surface area contributed by atoms with E-state index in [0.717, 1.165) is 0 Å². The molecule has 0 radical (unpaired) electrons. The molecule has 2 atom stereocenters. The van der Waals surface area contributed by atoms with Crippen LogP contribution in [0.15, 0.2) is 41.1 Å². The van der Waals surface area contributed by atoms with Crippen molar-refractivity contribution >= 4 is 29.3 Å².